The fourth-order valence-corrected chi connectivity index (χ4v) is 4.63. The molecule has 1 aromatic carbocycles. The van der Waals surface area contributed by atoms with Gasteiger partial charge in [0, 0.05) is 18.7 Å². The van der Waals surface area contributed by atoms with Gasteiger partial charge >= 0.3 is 0 Å². The predicted molar refractivity (Wildman–Crippen MR) is 84.2 cm³/mol. The van der Waals surface area contributed by atoms with Crippen molar-refractivity contribution in [2.24, 2.45) is 11.8 Å². The van der Waals surface area contributed by atoms with Crippen LogP contribution in [0.1, 0.15) is 37.7 Å². The zero-order valence-electron chi connectivity index (χ0n) is 12.8. The molecule has 2 saturated carbocycles. The molecule has 0 bridgehead atoms. The Morgan fingerprint density at radius 3 is 2.30 bits per heavy atom. The number of ketones is 1. The lowest BCUT2D eigenvalue weighted by Crippen LogP contribution is -2.30. The molecule has 1 N–H and O–H groups in total. The molecule has 23 heavy (non-hydrogen) atoms. The van der Waals surface area contributed by atoms with Gasteiger partial charge in [0.25, 0.3) is 0 Å². The Hall–Kier alpha value is -2.17. The number of fused-ring (bicyclic) bond motifs is 3. The van der Waals surface area contributed by atoms with Gasteiger partial charge in [-0.3, -0.25) is 14.4 Å². The van der Waals surface area contributed by atoms with Crippen LogP contribution in [0, 0.1) is 11.8 Å². The monoisotopic (exact) mass is 310 g/mol. The zero-order chi connectivity index (χ0) is 15.8. The van der Waals surface area contributed by atoms with Gasteiger partial charge in [-0.25, -0.2) is 4.90 Å². The van der Waals surface area contributed by atoms with Crippen LogP contribution < -0.4 is 10.2 Å². The maximum absolute atomic E-state index is 12.7. The number of rotatable bonds is 1. The molecule has 2 aliphatic heterocycles. The average molecular weight is 310 g/mol. The van der Waals surface area contributed by atoms with E-state index in [1.807, 2.05) is 18.2 Å². The first kappa shape index (κ1) is 13.3. The van der Waals surface area contributed by atoms with Gasteiger partial charge in [-0.1, -0.05) is 18.9 Å². The van der Waals surface area contributed by atoms with Crippen LogP contribution in [0.2, 0.25) is 0 Å². The number of nitrogens with one attached hydrogen (secondary N) is 1. The van der Waals surface area contributed by atoms with E-state index >= 15 is 0 Å². The Kier molecular flexibility index (Phi) is 2.44. The first-order valence-corrected chi connectivity index (χ1v) is 8.41. The number of hydrogen-bond donors (Lipinski definition) is 1. The SMILES string of the molecule is O=C1C2CCCCC2C(=O)N1c1ccc2c(c1)NCC21CC1=O. The summed E-state index contributed by atoms with van der Waals surface area (Å²) in [5.74, 6) is -0.0804. The summed E-state index contributed by atoms with van der Waals surface area (Å²) in [4.78, 5) is 38.5. The molecule has 118 valence electrons. The lowest BCUT2D eigenvalue weighted by atomic mass is 9.81. The van der Waals surface area contributed by atoms with E-state index in [0.29, 0.717) is 18.7 Å². The van der Waals surface area contributed by atoms with Gasteiger partial charge in [-0.05, 0) is 30.5 Å². The molecule has 3 fully saturated rings. The summed E-state index contributed by atoms with van der Waals surface area (Å²) < 4.78 is 0. The van der Waals surface area contributed by atoms with E-state index in [-0.39, 0.29) is 34.8 Å². The molecule has 4 aliphatic rings. The van der Waals surface area contributed by atoms with E-state index in [2.05, 4.69) is 5.32 Å². The minimum Gasteiger partial charge on any atom is -0.383 e. The van der Waals surface area contributed by atoms with E-state index in [9.17, 15) is 14.4 Å². The molecule has 1 spiro atoms. The summed E-state index contributed by atoms with van der Waals surface area (Å²) in [6, 6.07) is 5.60. The van der Waals surface area contributed by atoms with Gasteiger partial charge in [0.15, 0.2) is 0 Å². The highest BCUT2D eigenvalue weighted by Gasteiger charge is 2.58. The second kappa shape index (κ2) is 4.22. The first-order chi connectivity index (χ1) is 11.1. The molecule has 1 saturated heterocycles. The van der Waals surface area contributed by atoms with Crippen LogP contribution in [0.4, 0.5) is 11.4 Å². The molecular weight excluding hydrogens is 292 g/mol. The summed E-state index contributed by atoms with van der Waals surface area (Å²) in [5, 5.41) is 3.27. The predicted octanol–water partition coefficient (Wildman–Crippen LogP) is 2.00. The van der Waals surface area contributed by atoms with E-state index in [4.69, 9.17) is 0 Å². The van der Waals surface area contributed by atoms with Gasteiger partial charge in [0.1, 0.15) is 5.78 Å². The number of hydrogen-bond acceptors (Lipinski definition) is 4. The number of nitrogens with zero attached hydrogens (tertiary/aromatic N) is 1. The molecule has 0 aromatic heterocycles. The number of carbonyl (C=O) groups is 3. The standard InChI is InChI=1S/C18H18N2O3/c21-15-8-18(15)9-19-14-7-10(5-6-13(14)18)20-16(22)11-3-1-2-4-12(11)17(20)23/h5-7,11-12,19H,1-4,8-9H2. The summed E-state index contributed by atoms with van der Waals surface area (Å²) in [6.07, 6.45) is 4.31. The van der Waals surface area contributed by atoms with Crippen LogP contribution in [-0.2, 0) is 19.8 Å². The molecule has 0 radical (unpaired) electrons. The Morgan fingerprint density at radius 1 is 1.04 bits per heavy atom. The van der Waals surface area contributed by atoms with Crippen molar-refractivity contribution in [3.8, 4) is 0 Å². The van der Waals surface area contributed by atoms with Crippen molar-refractivity contribution in [2.45, 2.75) is 37.5 Å². The quantitative estimate of drug-likeness (QED) is 0.806. The van der Waals surface area contributed by atoms with Crippen molar-refractivity contribution in [3.63, 3.8) is 0 Å². The lowest BCUT2D eigenvalue weighted by molar-refractivity contribution is -0.122. The van der Waals surface area contributed by atoms with E-state index < -0.39 is 0 Å². The summed E-state index contributed by atoms with van der Waals surface area (Å²) >= 11 is 0. The van der Waals surface area contributed by atoms with Crippen LogP contribution >= 0.6 is 0 Å². The number of amides is 2. The third kappa shape index (κ3) is 1.60. The van der Waals surface area contributed by atoms with E-state index in [0.717, 1.165) is 36.9 Å². The van der Waals surface area contributed by atoms with Crippen LogP contribution in [0.15, 0.2) is 18.2 Å². The van der Waals surface area contributed by atoms with Crippen LogP contribution in [-0.4, -0.2) is 24.1 Å². The van der Waals surface area contributed by atoms with Crippen LogP contribution in [0.25, 0.3) is 0 Å². The highest BCUT2D eigenvalue weighted by Crippen LogP contribution is 2.52. The van der Waals surface area contributed by atoms with Crippen LogP contribution in [0.5, 0.6) is 0 Å². The summed E-state index contributed by atoms with van der Waals surface area (Å²) in [5.41, 5.74) is 2.22. The third-order valence-electron chi connectivity index (χ3n) is 6.07. The highest BCUT2D eigenvalue weighted by molar-refractivity contribution is 6.22. The van der Waals surface area contributed by atoms with E-state index in [1.165, 1.54) is 4.90 Å². The summed E-state index contributed by atoms with van der Waals surface area (Å²) in [7, 11) is 0. The van der Waals surface area contributed by atoms with Gasteiger partial charge < -0.3 is 5.32 Å². The Balaban J connectivity index is 1.52. The molecule has 5 rings (SSSR count). The Labute approximate surface area is 134 Å². The molecule has 3 atom stereocenters. The third-order valence-corrected chi connectivity index (χ3v) is 6.07. The van der Waals surface area contributed by atoms with Crippen molar-refractivity contribution >= 4 is 29.0 Å². The lowest BCUT2D eigenvalue weighted by Gasteiger charge is -2.19. The van der Waals surface area contributed by atoms with Crippen molar-refractivity contribution < 1.29 is 14.4 Å². The first-order valence-electron chi connectivity index (χ1n) is 8.41. The van der Waals surface area contributed by atoms with Gasteiger partial charge in [0.05, 0.1) is 22.9 Å². The minimum absolute atomic E-state index is 0.0464. The molecule has 5 nitrogen and oxygen atoms in total. The molecule has 3 unspecified atom stereocenters. The van der Waals surface area contributed by atoms with Crippen molar-refractivity contribution in [1.82, 2.24) is 0 Å². The molecule has 1 aromatic rings. The fourth-order valence-electron chi connectivity index (χ4n) is 4.63. The second-order valence-electron chi connectivity index (χ2n) is 7.27. The normalized spacial score (nSPS) is 34.6. The summed E-state index contributed by atoms with van der Waals surface area (Å²) in [6.45, 7) is 0.637. The maximum atomic E-state index is 12.7. The molecule has 5 heteroatoms. The van der Waals surface area contributed by atoms with Gasteiger partial charge in [-0.15, -0.1) is 0 Å². The van der Waals surface area contributed by atoms with Crippen molar-refractivity contribution in [1.29, 1.82) is 0 Å². The Bertz CT molecular complexity index is 748. The molecule has 2 aliphatic carbocycles. The van der Waals surface area contributed by atoms with E-state index in [1.54, 1.807) is 0 Å². The number of carbonyl (C=O) groups excluding carboxylic acids is 3. The second-order valence-corrected chi connectivity index (χ2v) is 7.27. The number of benzene rings is 1. The smallest absolute Gasteiger partial charge is 0.237 e. The van der Waals surface area contributed by atoms with Crippen molar-refractivity contribution in [3.05, 3.63) is 23.8 Å². The number of anilines is 2. The highest BCUT2D eigenvalue weighted by atomic mass is 16.2. The molecular formula is C18H18N2O3. The zero-order valence-corrected chi connectivity index (χ0v) is 12.8. The van der Waals surface area contributed by atoms with Gasteiger partial charge in [-0.2, -0.15) is 0 Å². The topological polar surface area (TPSA) is 66.5 Å². The number of Topliss-reactive ketones (excluding diaryl/α,β-unsaturated/α-hetero) is 1. The maximum Gasteiger partial charge on any atom is 0.237 e. The van der Waals surface area contributed by atoms with Gasteiger partial charge in [0.2, 0.25) is 11.8 Å². The molecule has 2 heterocycles. The average Bonchev–Trinajstić information content (AvgIpc) is 2.96. The largest absolute Gasteiger partial charge is 0.383 e. The molecule has 2 amide bonds. The van der Waals surface area contributed by atoms with Crippen LogP contribution in [0.3, 0.4) is 0 Å². The van der Waals surface area contributed by atoms with Crippen molar-refractivity contribution in [2.75, 3.05) is 16.8 Å². The Morgan fingerprint density at radius 2 is 1.70 bits per heavy atom. The number of imide groups is 1. The fraction of sp³-hybridized carbons (Fsp3) is 0.500. The minimum atomic E-state index is -0.332.